The van der Waals surface area contributed by atoms with Gasteiger partial charge in [-0.15, -0.1) is 0 Å². The molecule has 1 aliphatic heterocycles. The Bertz CT molecular complexity index is 494. The molecule has 1 aliphatic rings. The van der Waals surface area contributed by atoms with Gasteiger partial charge in [0.05, 0.1) is 4.92 Å². The van der Waals surface area contributed by atoms with Crippen LogP contribution in [-0.4, -0.2) is 47.4 Å². The Morgan fingerprint density at radius 1 is 1.50 bits per heavy atom. The van der Waals surface area contributed by atoms with Crippen molar-refractivity contribution in [2.75, 3.05) is 32.1 Å². The maximum absolute atomic E-state index is 11.0. The number of benzene rings is 1. The van der Waals surface area contributed by atoms with Gasteiger partial charge in [-0.05, 0) is 19.5 Å². The average Bonchev–Trinajstić information content (AvgIpc) is 2.41. The second-order valence-electron chi connectivity index (χ2n) is 5.29. The zero-order valence-corrected chi connectivity index (χ0v) is 11.9. The van der Waals surface area contributed by atoms with Crippen molar-refractivity contribution in [3.63, 3.8) is 0 Å². The lowest BCUT2D eigenvalue weighted by Crippen LogP contribution is -2.49. The number of piperazine rings is 1. The number of nitrogens with two attached hydrogens (primary N) is 1. The third kappa shape index (κ3) is 3.06. The first-order valence-electron chi connectivity index (χ1n) is 6.68. The Balaban J connectivity index is 2.21. The zero-order chi connectivity index (χ0) is 14.7. The van der Waals surface area contributed by atoms with Gasteiger partial charge < -0.3 is 10.3 Å². The molecule has 1 heterocycles. The van der Waals surface area contributed by atoms with Crippen molar-refractivity contribution in [2.24, 2.45) is 5.84 Å². The molecule has 1 aromatic rings. The third-order valence-electron chi connectivity index (χ3n) is 3.81. The fourth-order valence-corrected chi connectivity index (χ4v) is 2.67. The molecule has 110 valence electrons. The van der Waals surface area contributed by atoms with Crippen molar-refractivity contribution < 1.29 is 4.92 Å². The molecule has 7 heteroatoms. The smallest absolute Gasteiger partial charge is 0.293 e. The van der Waals surface area contributed by atoms with Crippen LogP contribution in [-0.2, 0) is 6.54 Å². The first-order valence-corrected chi connectivity index (χ1v) is 6.68. The Hall–Kier alpha value is -1.70. The molecule has 1 fully saturated rings. The molecule has 1 aromatic carbocycles. The van der Waals surface area contributed by atoms with Crippen molar-refractivity contribution in [2.45, 2.75) is 19.5 Å². The number of nitro groups is 1. The molecule has 2 rings (SSSR count). The Morgan fingerprint density at radius 3 is 2.85 bits per heavy atom. The third-order valence-corrected chi connectivity index (χ3v) is 3.81. The van der Waals surface area contributed by atoms with Gasteiger partial charge in [0, 0.05) is 38.3 Å². The summed E-state index contributed by atoms with van der Waals surface area (Å²) in [4.78, 5) is 15.2. The lowest BCUT2D eigenvalue weighted by Gasteiger charge is -2.38. The van der Waals surface area contributed by atoms with Crippen molar-refractivity contribution >= 4 is 11.4 Å². The number of nitro benzene ring substituents is 1. The molecule has 3 N–H and O–H groups in total. The van der Waals surface area contributed by atoms with E-state index in [-0.39, 0.29) is 5.69 Å². The number of hydrazine groups is 1. The van der Waals surface area contributed by atoms with E-state index in [1.165, 1.54) is 6.07 Å². The van der Waals surface area contributed by atoms with Crippen LogP contribution in [0.15, 0.2) is 18.2 Å². The lowest BCUT2D eigenvalue weighted by molar-refractivity contribution is -0.384. The Labute approximate surface area is 118 Å². The minimum absolute atomic E-state index is 0.0202. The van der Waals surface area contributed by atoms with E-state index >= 15 is 0 Å². The number of likely N-dealkylation sites (N-methyl/N-ethyl adjacent to an activating group) is 1. The zero-order valence-electron chi connectivity index (χ0n) is 11.9. The number of anilines is 1. The first kappa shape index (κ1) is 14.7. The van der Waals surface area contributed by atoms with Crippen LogP contribution < -0.4 is 11.3 Å². The normalized spacial score (nSPS) is 20.9. The van der Waals surface area contributed by atoms with Crippen LogP contribution in [0.3, 0.4) is 0 Å². The molecular weight excluding hydrogens is 258 g/mol. The summed E-state index contributed by atoms with van der Waals surface area (Å²) in [5.41, 5.74) is 3.77. The second kappa shape index (κ2) is 6.17. The summed E-state index contributed by atoms with van der Waals surface area (Å²) < 4.78 is 0. The highest BCUT2D eigenvalue weighted by Gasteiger charge is 2.24. The van der Waals surface area contributed by atoms with Crippen molar-refractivity contribution in [1.82, 2.24) is 9.80 Å². The standard InChI is InChI=1S/C13H21N5O2/c1-10-8-16(2)6-7-17(10)9-11-4-3-5-12(18(19)20)13(11)15-14/h3-5,10,15H,6-9,14H2,1-2H3. The number of nitrogens with one attached hydrogen (secondary N) is 1. The lowest BCUT2D eigenvalue weighted by atomic mass is 10.1. The maximum Gasteiger partial charge on any atom is 0.293 e. The molecule has 7 nitrogen and oxygen atoms in total. The van der Waals surface area contributed by atoms with Crippen LogP contribution in [0.4, 0.5) is 11.4 Å². The van der Waals surface area contributed by atoms with E-state index in [9.17, 15) is 10.1 Å². The van der Waals surface area contributed by atoms with Gasteiger partial charge in [0.2, 0.25) is 0 Å². The highest BCUT2D eigenvalue weighted by molar-refractivity contribution is 5.65. The van der Waals surface area contributed by atoms with Gasteiger partial charge in [-0.3, -0.25) is 20.9 Å². The van der Waals surface area contributed by atoms with Crippen LogP contribution in [0, 0.1) is 10.1 Å². The highest BCUT2D eigenvalue weighted by Crippen LogP contribution is 2.29. The highest BCUT2D eigenvalue weighted by atomic mass is 16.6. The predicted molar refractivity (Wildman–Crippen MR) is 78.3 cm³/mol. The second-order valence-corrected chi connectivity index (χ2v) is 5.29. The predicted octanol–water partition coefficient (Wildman–Crippen LogP) is 1.02. The van der Waals surface area contributed by atoms with Crippen molar-refractivity contribution in [3.8, 4) is 0 Å². The molecule has 0 radical (unpaired) electrons. The van der Waals surface area contributed by atoms with Crippen molar-refractivity contribution in [1.29, 1.82) is 0 Å². The van der Waals surface area contributed by atoms with E-state index in [2.05, 4.69) is 29.2 Å². The number of para-hydroxylation sites is 1. The van der Waals surface area contributed by atoms with Gasteiger partial charge in [0.1, 0.15) is 5.69 Å². The monoisotopic (exact) mass is 279 g/mol. The molecule has 1 saturated heterocycles. The van der Waals surface area contributed by atoms with Crippen LogP contribution in [0.2, 0.25) is 0 Å². The van der Waals surface area contributed by atoms with E-state index in [1.807, 2.05) is 6.07 Å². The van der Waals surface area contributed by atoms with E-state index in [4.69, 9.17) is 5.84 Å². The fraction of sp³-hybridized carbons (Fsp3) is 0.538. The molecule has 0 amide bonds. The van der Waals surface area contributed by atoms with E-state index in [0.717, 1.165) is 25.2 Å². The number of nitrogens with zero attached hydrogens (tertiary/aromatic N) is 3. The summed E-state index contributed by atoms with van der Waals surface area (Å²) in [6, 6.07) is 5.47. The first-order chi connectivity index (χ1) is 9.52. The average molecular weight is 279 g/mol. The number of hydrogen-bond donors (Lipinski definition) is 2. The van der Waals surface area contributed by atoms with Crippen LogP contribution in [0.5, 0.6) is 0 Å². The quantitative estimate of drug-likeness (QED) is 0.486. The summed E-state index contributed by atoms with van der Waals surface area (Å²) in [6.45, 7) is 5.79. The molecule has 0 saturated carbocycles. The minimum atomic E-state index is -0.411. The molecule has 1 atom stereocenters. The van der Waals surface area contributed by atoms with Gasteiger partial charge >= 0.3 is 0 Å². The van der Waals surface area contributed by atoms with E-state index in [1.54, 1.807) is 6.07 Å². The SMILES string of the molecule is CC1CN(C)CCN1Cc1cccc([N+](=O)[O-])c1NN. The molecule has 20 heavy (non-hydrogen) atoms. The largest absolute Gasteiger partial charge is 0.318 e. The molecule has 0 spiro atoms. The van der Waals surface area contributed by atoms with Gasteiger partial charge in [0.25, 0.3) is 5.69 Å². The minimum Gasteiger partial charge on any atom is -0.318 e. The van der Waals surface area contributed by atoms with E-state index in [0.29, 0.717) is 18.3 Å². The van der Waals surface area contributed by atoms with Gasteiger partial charge in [-0.2, -0.15) is 0 Å². The fourth-order valence-electron chi connectivity index (χ4n) is 2.67. The van der Waals surface area contributed by atoms with Gasteiger partial charge in [-0.1, -0.05) is 12.1 Å². The Morgan fingerprint density at radius 2 is 2.25 bits per heavy atom. The van der Waals surface area contributed by atoms with Crippen LogP contribution in [0.25, 0.3) is 0 Å². The molecule has 1 unspecified atom stereocenters. The van der Waals surface area contributed by atoms with Crippen molar-refractivity contribution in [3.05, 3.63) is 33.9 Å². The summed E-state index contributed by atoms with van der Waals surface area (Å²) >= 11 is 0. The van der Waals surface area contributed by atoms with Gasteiger partial charge in [-0.25, -0.2) is 0 Å². The maximum atomic E-state index is 11.0. The van der Waals surface area contributed by atoms with Crippen LogP contribution in [0.1, 0.15) is 12.5 Å². The molecule has 0 bridgehead atoms. The summed E-state index contributed by atoms with van der Waals surface area (Å²) in [5, 5.41) is 11.0. The number of rotatable bonds is 4. The molecule has 0 aliphatic carbocycles. The number of hydrogen-bond acceptors (Lipinski definition) is 6. The summed E-state index contributed by atoms with van der Waals surface area (Å²) in [6.07, 6.45) is 0. The number of nitrogen functional groups attached to an aromatic ring is 1. The Kier molecular flexibility index (Phi) is 4.53. The van der Waals surface area contributed by atoms with E-state index < -0.39 is 4.92 Å². The molecule has 0 aromatic heterocycles. The molecular formula is C13H21N5O2. The van der Waals surface area contributed by atoms with Crippen LogP contribution >= 0.6 is 0 Å². The van der Waals surface area contributed by atoms with Gasteiger partial charge in [0.15, 0.2) is 0 Å². The summed E-state index contributed by atoms with van der Waals surface area (Å²) in [5.74, 6) is 5.47. The summed E-state index contributed by atoms with van der Waals surface area (Å²) in [7, 11) is 2.11. The topological polar surface area (TPSA) is 87.7 Å².